The van der Waals surface area contributed by atoms with Crippen molar-refractivity contribution in [2.24, 2.45) is 0 Å². The van der Waals surface area contributed by atoms with Crippen molar-refractivity contribution in [1.29, 1.82) is 0 Å². The Balaban J connectivity index is 1.20. The second kappa shape index (κ2) is 13.6. The van der Waals surface area contributed by atoms with Crippen molar-refractivity contribution in [2.75, 3.05) is 0 Å². The maximum Gasteiger partial charge on any atom is 0.166 e. The van der Waals surface area contributed by atoms with Gasteiger partial charge in [-0.05, 0) is 74.1 Å². The minimum absolute atomic E-state index is 0.609. The molecule has 11 aromatic rings. The van der Waals surface area contributed by atoms with E-state index in [0.29, 0.717) is 17.5 Å². The highest BCUT2D eigenvalue weighted by Crippen LogP contribution is 2.42. The fourth-order valence-electron chi connectivity index (χ4n) is 8.35. The summed E-state index contributed by atoms with van der Waals surface area (Å²) < 4.78 is 2.40. The lowest BCUT2D eigenvalue weighted by atomic mass is 9.96. The molecular weight excluding hydrogens is 693 g/mol. The first-order chi connectivity index (χ1) is 28.3. The van der Waals surface area contributed by atoms with Gasteiger partial charge in [-0.2, -0.15) is 0 Å². The third kappa shape index (κ3) is 5.66. The molecule has 266 valence electrons. The summed E-state index contributed by atoms with van der Waals surface area (Å²) in [6, 6.07) is 72.8. The van der Waals surface area contributed by atoms with Gasteiger partial charge in [-0.1, -0.05) is 176 Å². The summed E-state index contributed by atoms with van der Waals surface area (Å²) in [7, 11) is 0. The van der Waals surface area contributed by atoms with Crippen molar-refractivity contribution in [1.82, 2.24) is 19.5 Å². The van der Waals surface area contributed by atoms with Crippen LogP contribution in [0.1, 0.15) is 0 Å². The predicted molar refractivity (Wildman–Crippen MR) is 236 cm³/mol. The van der Waals surface area contributed by atoms with E-state index in [2.05, 4.69) is 193 Å². The molecule has 0 radical (unpaired) electrons. The van der Waals surface area contributed by atoms with Crippen LogP contribution in [-0.2, 0) is 0 Å². The summed E-state index contributed by atoms with van der Waals surface area (Å²) in [5, 5.41) is 7.05. The third-order valence-corrected chi connectivity index (χ3v) is 11.0. The molecule has 0 unspecified atom stereocenters. The quantitative estimate of drug-likeness (QED) is 0.171. The fraction of sp³-hybridized carbons (Fsp3) is 0. The van der Waals surface area contributed by atoms with Crippen LogP contribution in [0.5, 0.6) is 0 Å². The first kappa shape index (κ1) is 32.7. The molecule has 9 aromatic carbocycles. The molecule has 11 rings (SSSR count). The molecule has 0 saturated heterocycles. The second-order valence-electron chi connectivity index (χ2n) is 14.4. The molecule has 0 aliphatic heterocycles. The van der Waals surface area contributed by atoms with Crippen molar-refractivity contribution >= 4 is 43.4 Å². The van der Waals surface area contributed by atoms with Crippen LogP contribution in [0, 0.1) is 0 Å². The van der Waals surface area contributed by atoms with Crippen LogP contribution >= 0.6 is 0 Å². The molecule has 4 heteroatoms. The first-order valence-corrected chi connectivity index (χ1v) is 19.3. The molecule has 2 heterocycles. The van der Waals surface area contributed by atoms with Crippen molar-refractivity contribution in [3.8, 4) is 62.1 Å². The van der Waals surface area contributed by atoms with Gasteiger partial charge in [-0.15, -0.1) is 0 Å². The Labute approximate surface area is 330 Å². The number of para-hydroxylation sites is 1. The number of benzene rings is 9. The van der Waals surface area contributed by atoms with E-state index in [1.54, 1.807) is 0 Å². The Morgan fingerprint density at radius 3 is 1.61 bits per heavy atom. The molecule has 57 heavy (non-hydrogen) atoms. The fourth-order valence-corrected chi connectivity index (χ4v) is 8.35. The van der Waals surface area contributed by atoms with Crippen LogP contribution in [0.2, 0.25) is 0 Å². The van der Waals surface area contributed by atoms with Crippen molar-refractivity contribution in [3.05, 3.63) is 206 Å². The summed E-state index contributed by atoms with van der Waals surface area (Å²) in [4.78, 5) is 15.9. The molecule has 0 N–H and O–H groups in total. The topological polar surface area (TPSA) is 43.6 Å². The molecule has 0 aliphatic rings. The largest absolute Gasteiger partial charge is 0.308 e. The monoisotopic (exact) mass is 726 g/mol. The average molecular weight is 727 g/mol. The van der Waals surface area contributed by atoms with Crippen LogP contribution in [0.3, 0.4) is 0 Å². The highest BCUT2D eigenvalue weighted by molar-refractivity contribution is 6.16. The van der Waals surface area contributed by atoms with Crippen molar-refractivity contribution < 1.29 is 0 Å². The van der Waals surface area contributed by atoms with E-state index in [1.165, 1.54) is 32.7 Å². The molecular formula is C53H34N4. The minimum atomic E-state index is 0.609. The number of rotatable bonds is 6. The zero-order valence-electron chi connectivity index (χ0n) is 30.9. The van der Waals surface area contributed by atoms with Gasteiger partial charge in [0.2, 0.25) is 0 Å². The van der Waals surface area contributed by atoms with Gasteiger partial charge in [0.05, 0.1) is 16.7 Å². The molecule has 0 fully saturated rings. The summed E-state index contributed by atoms with van der Waals surface area (Å²) in [6.07, 6.45) is 0. The zero-order valence-corrected chi connectivity index (χ0v) is 30.9. The summed E-state index contributed by atoms with van der Waals surface area (Å²) in [5.74, 6) is 1.85. The second-order valence-corrected chi connectivity index (χ2v) is 14.4. The number of hydrogen-bond acceptors (Lipinski definition) is 3. The van der Waals surface area contributed by atoms with Crippen LogP contribution in [0.15, 0.2) is 206 Å². The summed E-state index contributed by atoms with van der Waals surface area (Å²) in [6.45, 7) is 0. The Morgan fingerprint density at radius 1 is 0.298 bits per heavy atom. The number of fused-ring (bicyclic) bond motifs is 5. The van der Waals surface area contributed by atoms with Gasteiger partial charge < -0.3 is 4.57 Å². The van der Waals surface area contributed by atoms with Crippen molar-refractivity contribution in [3.63, 3.8) is 0 Å². The molecule has 0 amide bonds. The van der Waals surface area contributed by atoms with Gasteiger partial charge in [-0.25, -0.2) is 15.0 Å². The highest BCUT2D eigenvalue weighted by atomic mass is 15.1. The Bertz CT molecular complexity index is 3290. The van der Waals surface area contributed by atoms with Crippen LogP contribution < -0.4 is 0 Å². The molecule has 4 nitrogen and oxygen atoms in total. The third-order valence-electron chi connectivity index (χ3n) is 11.0. The van der Waals surface area contributed by atoms with Gasteiger partial charge in [-0.3, -0.25) is 0 Å². The Kier molecular flexibility index (Phi) is 7.78. The highest BCUT2D eigenvalue weighted by Gasteiger charge is 2.22. The first-order valence-electron chi connectivity index (χ1n) is 19.3. The van der Waals surface area contributed by atoms with Crippen LogP contribution in [-0.4, -0.2) is 19.5 Å². The maximum atomic E-state index is 5.41. The normalized spacial score (nSPS) is 11.5. The van der Waals surface area contributed by atoms with E-state index < -0.39 is 0 Å². The Morgan fingerprint density at radius 2 is 0.842 bits per heavy atom. The standard InChI is InChI=1S/C53H34N4/c1-3-17-36(18-4-1)43-27-15-29-48-50(43)45-26-13-14-28-47(45)57(48)49-34-40-23-10-9-22-39(40)33-46(49)53-55-51(37-19-5-2-6-20-37)54-52(56-53)44-25-12-11-24-42(44)41-31-30-35-16-7-8-21-38(35)32-41/h1-34H. The van der Waals surface area contributed by atoms with Gasteiger partial charge >= 0.3 is 0 Å². The van der Waals surface area contributed by atoms with E-state index >= 15 is 0 Å². The Hall–Kier alpha value is -7.69. The van der Waals surface area contributed by atoms with Crippen LogP contribution in [0.4, 0.5) is 0 Å². The predicted octanol–water partition coefficient (Wildman–Crippen LogP) is 13.6. The molecule has 2 aromatic heterocycles. The average Bonchev–Trinajstić information content (AvgIpc) is 3.63. The lowest BCUT2D eigenvalue weighted by Crippen LogP contribution is -2.04. The molecule has 0 aliphatic carbocycles. The SMILES string of the molecule is c1ccc(-c2nc(-c3ccccc3-c3ccc4ccccc4c3)nc(-c3cc4ccccc4cc3-n3c4ccccc4c4c(-c5ccccc5)cccc43)n2)cc1. The van der Waals surface area contributed by atoms with Gasteiger partial charge in [0.25, 0.3) is 0 Å². The number of aromatic nitrogens is 4. The van der Waals surface area contributed by atoms with Gasteiger partial charge in [0, 0.05) is 27.5 Å². The smallest absolute Gasteiger partial charge is 0.166 e. The maximum absolute atomic E-state index is 5.41. The lowest BCUT2D eigenvalue weighted by Gasteiger charge is -2.17. The van der Waals surface area contributed by atoms with Gasteiger partial charge in [0.1, 0.15) is 0 Å². The minimum Gasteiger partial charge on any atom is -0.308 e. The number of hydrogen-bond donors (Lipinski definition) is 0. The van der Waals surface area contributed by atoms with Crippen molar-refractivity contribution in [2.45, 2.75) is 0 Å². The van der Waals surface area contributed by atoms with Crippen LogP contribution in [0.25, 0.3) is 105 Å². The molecule has 0 bridgehead atoms. The molecule has 0 atom stereocenters. The van der Waals surface area contributed by atoms with E-state index in [9.17, 15) is 0 Å². The van der Waals surface area contributed by atoms with E-state index in [1.807, 2.05) is 18.2 Å². The summed E-state index contributed by atoms with van der Waals surface area (Å²) >= 11 is 0. The lowest BCUT2D eigenvalue weighted by molar-refractivity contribution is 1.07. The van der Waals surface area contributed by atoms with E-state index in [-0.39, 0.29) is 0 Å². The summed E-state index contributed by atoms with van der Waals surface area (Å²) in [5.41, 5.74) is 10.6. The van der Waals surface area contributed by atoms with Gasteiger partial charge in [0.15, 0.2) is 17.5 Å². The molecule has 0 spiro atoms. The number of nitrogens with zero attached hydrogens (tertiary/aromatic N) is 4. The molecule has 0 saturated carbocycles. The zero-order chi connectivity index (χ0) is 37.7. The van der Waals surface area contributed by atoms with E-state index in [4.69, 9.17) is 15.0 Å². The van der Waals surface area contributed by atoms with E-state index in [0.717, 1.165) is 55.3 Å².